The van der Waals surface area contributed by atoms with Crippen LogP contribution in [0.4, 0.5) is 5.82 Å². The van der Waals surface area contributed by atoms with Gasteiger partial charge in [-0.1, -0.05) is 13.8 Å². The summed E-state index contributed by atoms with van der Waals surface area (Å²) in [5.41, 5.74) is 1.12. The lowest BCUT2D eigenvalue weighted by Gasteiger charge is -2.08. The Hall–Kier alpha value is -1.21. The van der Waals surface area contributed by atoms with Gasteiger partial charge in [0.15, 0.2) is 4.34 Å². The van der Waals surface area contributed by atoms with Crippen molar-refractivity contribution < 1.29 is 0 Å². The molecule has 7 heteroatoms. The highest BCUT2D eigenvalue weighted by Crippen LogP contribution is 2.32. The van der Waals surface area contributed by atoms with Gasteiger partial charge >= 0.3 is 0 Å². The molecular weight excluding hydrogens is 266 g/mol. The molecule has 0 saturated heterocycles. The third-order valence-electron chi connectivity index (χ3n) is 2.45. The monoisotopic (exact) mass is 281 g/mol. The SMILES string of the molecule is CCc1nsc(Sc2ncnc(NC)c2CC)n1. The predicted octanol–water partition coefficient (Wildman–Crippen LogP) is 2.65. The van der Waals surface area contributed by atoms with Crippen LogP contribution in [0, 0.1) is 0 Å². The van der Waals surface area contributed by atoms with E-state index in [1.807, 2.05) is 7.05 Å². The third kappa shape index (κ3) is 2.78. The van der Waals surface area contributed by atoms with Crippen molar-refractivity contribution in [1.82, 2.24) is 19.3 Å². The topological polar surface area (TPSA) is 63.6 Å². The molecule has 2 rings (SSSR count). The van der Waals surface area contributed by atoms with E-state index in [0.717, 1.165) is 39.4 Å². The summed E-state index contributed by atoms with van der Waals surface area (Å²) in [5, 5.41) is 4.05. The number of aromatic nitrogens is 4. The molecule has 2 aromatic rings. The van der Waals surface area contributed by atoms with Crippen LogP contribution in [-0.4, -0.2) is 26.4 Å². The van der Waals surface area contributed by atoms with Crippen LogP contribution < -0.4 is 5.32 Å². The number of nitrogens with zero attached hydrogens (tertiary/aromatic N) is 4. The minimum absolute atomic E-state index is 0.864. The van der Waals surface area contributed by atoms with Crippen LogP contribution in [0.1, 0.15) is 25.2 Å². The Labute approximate surface area is 115 Å². The summed E-state index contributed by atoms with van der Waals surface area (Å²) in [7, 11) is 1.87. The molecule has 0 atom stereocenters. The van der Waals surface area contributed by atoms with Crippen molar-refractivity contribution in [3.05, 3.63) is 17.7 Å². The standard InChI is InChI=1S/C11H15N5S2/c1-4-7-9(12-3)13-6-14-10(7)17-11-15-8(5-2)16-18-11/h6H,4-5H2,1-3H3,(H,12,13,14). The Morgan fingerprint density at radius 2 is 2.11 bits per heavy atom. The highest BCUT2D eigenvalue weighted by atomic mass is 32.2. The first-order valence-corrected chi connectivity index (χ1v) is 7.39. The molecule has 1 N–H and O–H groups in total. The molecule has 0 saturated carbocycles. The molecule has 0 aromatic carbocycles. The lowest BCUT2D eigenvalue weighted by molar-refractivity contribution is 0.940. The molecule has 2 aromatic heterocycles. The predicted molar refractivity (Wildman–Crippen MR) is 74.4 cm³/mol. The van der Waals surface area contributed by atoms with Crippen molar-refractivity contribution in [1.29, 1.82) is 0 Å². The zero-order chi connectivity index (χ0) is 13.0. The minimum Gasteiger partial charge on any atom is -0.373 e. The lowest BCUT2D eigenvalue weighted by atomic mass is 10.2. The van der Waals surface area contributed by atoms with Gasteiger partial charge in [-0.25, -0.2) is 15.0 Å². The largest absolute Gasteiger partial charge is 0.373 e. The van der Waals surface area contributed by atoms with Gasteiger partial charge in [0.05, 0.1) is 0 Å². The number of aryl methyl sites for hydroxylation is 1. The molecule has 0 aliphatic rings. The Bertz CT molecular complexity index is 526. The second-order valence-corrected chi connectivity index (χ2v) is 5.53. The van der Waals surface area contributed by atoms with Crippen LogP contribution in [0.5, 0.6) is 0 Å². The van der Waals surface area contributed by atoms with Crippen LogP contribution in [0.2, 0.25) is 0 Å². The molecule has 96 valence electrons. The summed E-state index contributed by atoms with van der Waals surface area (Å²) in [6.45, 7) is 4.15. The molecule has 0 aliphatic carbocycles. The molecule has 0 radical (unpaired) electrons. The van der Waals surface area contributed by atoms with E-state index in [4.69, 9.17) is 0 Å². The van der Waals surface area contributed by atoms with Gasteiger partial charge in [-0.15, -0.1) is 0 Å². The van der Waals surface area contributed by atoms with Crippen molar-refractivity contribution in [3.63, 3.8) is 0 Å². The smallest absolute Gasteiger partial charge is 0.176 e. The summed E-state index contributed by atoms with van der Waals surface area (Å²) in [6, 6.07) is 0. The number of hydrogen-bond donors (Lipinski definition) is 1. The summed E-state index contributed by atoms with van der Waals surface area (Å²) < 4.78 is 5.21. The van der Waals surface area contributed by atoms with Crippen LogP contribution >= 0.6 is 23.3 Å². The van der Waals surface area contributed by atoms with E-state index in [1.165, 1.54) is 11.5 Å². The molecule has 0 aliphatic heterocycles. The number of nitrogens with one attached hydrogen (secondary N) is 1. The second kappa shape index (κ2) is 6.10. The van der Waals surface area contributed by atoms with Gasteiger partial charge in [0, 0.05) is 19.0 Å². The first-order chi connectivity index (χ1) is 8.78. The second-order valence-electron chi connectivity index (χ2n) is 3.54. The van der Waals surface area contributed by atoms with Crippen molar-refractivity contribution in [3.8, 4) is 0 Å². The first kappa shape index (κ1) is 13.2. The molecule has 18 heavy (non-hydrogen) atoms. The zero-order valence-corrected chi connectivity index (χ0v) is 12.2. The van der Waals surface area contributed by atoms with E-state index in [9.17, 15) is 0 Å². The molecular formula is C11H15N5S2. The maximum Gasteiger partial charge on any atom is 0.176 e. The maximum atomic E-state index is 4.44. The fourth-order valence-electron chi connectivity index (χ4n) is 1.52. The van der Waals surface area contributed by atoms with E-state index >= 15 is 0 Å². The van der Waals surface area contributed by atoms with E-state index in [2.05, 4.69) is 38.5 Å². The lowest BCUT2D eigenvalue weighted by Crippen LogP contribution is -2.01. The Morgan fingerprint density at radius 3 is 2.72 bits per heavy atom. The number of rotatable bonds is 5. The Balaban J connectivity index is 2.28. The van der Waals surface area contributed by atoms with Crippen molar-refractivity contribution >= 4 is 29.1 Å². The first-order valence-electron chi connectivity index (χ1n) is 5.80. The summed E-state index contributed by atoms with van der Waals surface area (Å²) in [4.78, 5) is 13.0. The highest BCUT2D eigenvalue weighted by molar-refractivity contribution is 8.00. The number of hydrogen-bond acceptors (Lipinski definition) is 7. The van der Waals surface area contributed by atoms with E-state index < -0.39 is 0 Å². The van der Waals surface area contributed by atoms with E-state index in [-0.39, 0.29) is 0 Å². The average molecular weight is 281 g/mol. The normalized spacial score (nSPS) is 10.6. The van der Waals surface area contributed by atoms with Gasteiger partial charge < -0.3 is 5.32 Å². The molecule has 0 fully saturated rings. The summed E-state index contributed by atoms with van der Waals surface area (Å²) in [6.07, 6.45) is 3.33. The minimum atomic E-state index is 0.864. The van der Waals surface area contributed by atoms with Crippen LogP contribution in [0.3, 0.4) is 0 Å². The zero-order valence-electron chi connectivity index (χ0n) is 10.6. The van der Waals surface area contributed by atoms with Gasteiger partial charge in [-0.3, -0.25) is 0 Å². The van der Waals surface area contributed by atoms with Gasteiger partial charge in [-0.2, -0.15) is 4.37 Å². The van der Waals surface area contributed by atoms with E-state index in [1.54, 1.807) is 18.1 Å². The fourth-order valence-corrected chi connectivity index (χ4v) is 3.30. The molecule has 0 amide bonds. The van der Waals surface area contributed by atoms with Gasteiger partial charge in [0.25, 0.3) is 0 Å². The van der Waals surface area contributed by atoms with Crippen molar-refractivity contribution in [2.75, 3.05) is 12.4 Å². The molecule has 0 spiro atoms. The van der Waals surface area contributed by atoms with Crippen LogP contribution in [-0.2, 0) is 12.8 Å². The average Bonchev–Trinajstić information content (AvgIpc) is 2.86. The molecule has 2 heterocycles. The third-order valence-corrected chi connectivity index (χ3v) is 4.28. The summed E-state index contributed by atoms with van der Waals surface area (Å²) in [5.74, 6) is 1.78. The molecule has 5 nitrogen and oxygen atoms in total. The van der Waals surface area contributed by atoms with Crippen LogP contribution in [0.15, 0.2) is 15.7 Å². The Morgan fingerprint density at radius 1 is 1.28 bits per heavy atom. The maximum absolute atomic E-state index is 4.44. The summed E-state index contributed by atoms with van der Waals surface area (Å²) >= 11 is 2.98. The Kier molecular flexibility index (Phi) is 4.48. The van der Waals surface area contributed by atoms with Gasteiger partial charge in [-0.05, 0) is 29.7 Å². The van der Waals surface area contributed by atoms with Gasteiger partial charge in [0.2, 0.25) is 0 Å². The van der Waals surface area contributed by atoms with Crippen LogP contribution in [0.25, 0.3) is 0 Å². The highest BCUT2D eigenvalue weighted by Gasteiger charge is 2.12. The van der Waals surface area contributed by atoms with E-state index in [0.29, 0.717) is 0 Å². The van der Waals surface area contributed by atoms with Gasteiger partial charge in [0.1, 0.15) is 23.0 Å². The number of anilines is 1. The molecule has 0 bridgehead atoms. The van der Waals surface area contributed by atoms with Crippen molar-refractivity contribution in [2.45, 2.75) is 36.1 Å². The molecule has 0 unspecified atom stereocenters. The quantitative estimate of drug-likeness (QED) is 0.850. The fraction of sp³-hybridized carbons (Fsp3) is 0.455. The van der Waals surface area contributed by atoms with Crippen molar-refractivity contribution in [2.24, 2.45) is 0 Å².